The zero-order chi connectivity index (χ0) is 12.8. The Kier molecular flexibility index (Phi) is 5.10. The molecule has 0 aromatic heterocycles. The van der Waals surface area contributed by atoms with Gasteiger partial charge < -0.3 is 10.6 Å². The molecule has 1 aromatic carbocycles. The summed E-state index contributed by atoms with van der Waals surface area (Å²) in [6.07, 6.45) is 2.23. The Morgan fingerprint density at radius 3 is 2.76 bits per heavy atom. The monoisotopic (exact) mass is 237 g/mol. The van der Waals surface area contributed by atoms with Crippen LogP contribution in [-0.4, -0.2) is 24.3 Å². The molecule has 4 heteroatoms. The Balaban J connectivity index is 2.77. The molecular formula is C13H20FN3. The molecule has 0 unspecified atom stereocenters. The van der Waals surface area contributed by atoms with E-state index >= 15 is 0 Å². The Morgan fingerprint density at radius 1 is 1.47 bits per heavy atom. The first-order valence-corrected chi connectivity index (χ1v) is 5.86. The number of hydrogen-bond acceptors (Lipinski definition) is 2. The van der Waals surface area contributed by atoms with Gasteiger partial charge in [0.2, 0.25) is 0 Å². The average molecular weight is 237 g/mol. The lowest BCUT2D eigenvalue weighted by Crippen LogP contribution is -2.21. The Morgan fingerprint density at radius 2 is 2.18 bits per heavy atom. The van der Waals surface area contributed by atoms with Crippen LogP contribution in [0, 0.1) is 11.2 Å². The molecule has 94 valence electrons. The van der Waals surface area contributed by atoms with Gasteiger partial charge in [-0.1, -0.05) is 25.5 Å². The van der Waals surface area contributed by atoms with Gasteiger partial charge in [0.1, 0.15) is 11.7 Å². The summed E-state index contributed by atoms with van der Waals surface area (Å²) in [5.41, 5.74) is 6.10. The van der Waals surface area contributed by atoms with Crippen LogP contribution in [0.5, 0.6) is 0 Å². The third kappa shape index (κ3) is 3.82. The van der Waals surface area contributed by atoms with Gasteiger partial charge in [0.15, 0.2) is 0 Å². The molecule has 0 spiro atoms. The van der Waals surface area contributed by atoms with Crippen LogP contribution in [0.15, 0.2) is 18.2 Å². The van der Waals surface area contributed by atoms with E-state index in [0.29, 0.717) is 12.1 Å². The minimum absolute atomic E-state index is 0.186. The fraction of sp³-hybridized carbons (Fsp3) is 0.462. The number of nitrogens with zero attached hydrogens (tertiary/aromatic N) is 1. The van der Waals surface area contributed by atoms with E-state index < -0.39 is 0 Å². The van der Waals surface area contributed by atoms with Gasteiger partial charge in [-0.05, 0) is 26.1 Å². The minimum atomic E-state index is -0.372. The molecule has 3 nitrogen and oxygen atoms in total. The van der Waals surface area contributed by atoms with Crippen molar-refractivity contribution >= 4 is 5.84 Å². The molecule has 0 aliphatic rings. The van der Waals surface area contributed by atoms with Crippen LogP contribution in [0.4, 0.5) is 4.39 Å². The van der Waals surface area contributed by atoms with Gasteiger partial charge in [0, 0.05) is 12.1 Å². The third-order valence-corrected chi connectivity index (χ3v) is 2.70. The summed E-state index contributed by atoms with van der Waals surface area (Å²) in [6, 6.07) is 5.01. The standard InChI is InChI=1S/C13H20FN3/c1-3-4-8-17(2)9-10-6-5-7-11(12(10)14)13(15)16/h5-7H,3-4,8-9H2,1-2H3,(H3,15,16). The van der Waals surface area contributed by atoms with Crippen LogP contribution in [0.3, 0.4) is 0 Å². The quantitative estimate of drug-likeness (QED) is 0.589. The Hall–Kier alpha value is -1.42. The van der Waals surface area contributed by atoms with Gasteiger partial charge in [-0.25, -0.2) is 4.39 Å². The third-order valence-electron chi connectivity index (χ3n) is 2.70. The predicted octanol–water partition coefficient (Wildman–Crippen LogP) is 2.34. The molecule has 0 saturated heterocycles. The van der Waals surface area contributed by atoms with Crippen LogP contribution in [-0.2, 0) is 6.54 Å². The van der Waals surface area contributed by atoms with Crippen molar-refractivity contribution < 1.29 is 4.39 Å². The minimum Gasteiger partial charge on any atom is -0.384 e. The molecule has 0 fully saturated rings. The van der Waals surface area contributed by atoms with Crippen LogP contribution in [0.2, 0.25) is 0 Å². The molecule has 1 rings (SSSR count). The van der Waals surface area contributed by atoms with Crippen LogP contribution in [0.1, 0.15) is 30.9 Å². The maximum absolute atomic E-state index is 14.0. The van der Waals surface area contributed by atoms with Crippen LogP contribution >= 0.6 is 0 Å². The van der Waals surface area contributed by atoms with Crippen molar-refractivity contribution in [3.05, 3.63) is 35.1 Å². The highest BCUT2D eigenvalue weighted by Crippen LogP contribution is 2.14. The predicted molar refractivity (Wildman–Crippen MR) is 68.7 cm³/mol. The van der Waals surface area contributed by atoms with Gasteiger partial charge in [-0.2, -0.15) is 0 Å². The number of nitrogens with two attached hydrogens (primary N) is 1. The second-order valence-electron chi connectivity index (χ2n) is 4.28. The summed E-state index contributed by atoms with van der Waals surface area (Å²) in [5, 5.41) is 7.29. The smallest absolute Gasteiger partial charge is 0.138 e. The number of benzene rings is 1. The van der Waals surface area contributed by atoms with Gasteiger partial charge >= 0.3 is 0 Å². The van der Waals surface area contributed by atoms with Crippen molar-refractivity contribution in [2.75, 3.05) is 13.6 Å². The second kappa shape index (κ2) is 6.35. The molecule has 0 radical (unpaired) electrons. The van der Waals surface area contributed by atoms with Crippen molar-refractivity contribution in [1.82, 2.24) is 4.90 Å². The molecule has 17 heavy (non-hydrogen) atoms. The van der Waals surface area contributed by atoms with Crippen molar-refractivity contribution in [2.24, 2.45) is 5.73 Å². The second-order valence-corrected chi connectivity index (χ2v) is 4.28. The van der Waals surface area contributed by atoms with Crippen molar-refractivity contribution in [3.8, 4) is 0 Å². The summed E-state index contributed by atoms with van der Waals surface area (Å²) < 4.78 is 14.0. The van der Waals surface area contributed by atoms with Crippen LogP contribution < -0.4 is 5.73 Å². The molecule has 0 aliphatic heterocycles. The molecule has 0 aliphatic carbocycles. The first kappa shape index (κ1) is 13.6. The molecule has 0 atom stereocenters. The number of nitrogens with one attached hydrogen (secondary N) is 1. The largest absolute Gasteiger partial charge is 0.384 e. The van der Waals surface area contributed by atoms with E-state index in [1.807, 2.05) is 7.05 Å². The number of unbranched alkanes of at least 4 members (excludes halogenated alkanes) is 1. The van der Waals surface area contributed by atoms with E-state index in [2.05, 4.69) is 11.8 Å². The zero-order valence-electron chi connectivity index (χ0n) is 10.5. The summed E-state index contributed by atoms with van der Waals surface area (Å²) >= 11 is 0. The SMILES string of the molecule is CCCCN(C)Cc1cccc(C(=N)N)c1F. The van der Waals surface area contributed by atoms with E-state index in [1.165, 1.54) is 6.07 Å². The summed E-state index contributed by atoms with van der Waals surface area (Å²) in [7, 11) is 1.97. The molecule has 0 amide bonds. The van der Waals surface area contributed by atoms with Gasteiger partial charge in [0.25, 0.3) is 0 Å². The lowest BCUT2D eigenvalue weighted by Gasteiger charge is -2.17. The van der Waals surface area contributed by atoms with Crippen molar-refractivity contribution in [2.45, 2.75) is 26.3 Å². The number of halogens is 1. The summed E-state index contributed by atoms with van der Waals surface area (Å²) in [5.74, 6) is -0.594. The summed E-state index contributed by atoms with van der Waals surface area (Å²) in [6.45, 7) is 3.62. The Bertz CT molecular complexity index is 390. The number of nitrogen functional groups attached to an aromatic ring is 1. The lowest BCUT2D eigenvalue weighted by molar-refractivity contribution is 0.315. The van der Waals surface area contributed by atoms with E-state index in [1.54, 1.807) is 12.1 Å². The first-order valence-electron chi connectivity index (χ1n) is 5.86. The van der Waals surface area contributed by atoms with Gasteiger partial charge in [-0.15, -0.1) is 0 Å². The number of hydrogen-bond donors (Lipinski definition) is 2. The molecule has 3 N–H and O–H groups in total. The van der Waals surface area contributed by atoms with Crippen molar-refractivity contribution in [1.29, 1.82) is 5.41 Å². The molecule has 1 aromatic rings. The molecular weight excluding hydrogens is 217 g/mol. The number of amidine groups is 1. The maximum Gasteiger partial charge on any atom is 0.138 e. The Labute approximate surface area is 102 Å². The molecule has 0 bridgehead atoms. The lowest BCUT2D eigenvalue weighted by atomic mass is 10.1. The molecule has 0 heterocycles. The average Bonchev–Trinajstić information content (AvgIpc) is 2.28. The number of rotatable bonds is 6. The van der Waals surface area contributed by atoms with Crippen molar-refractivity contribution in [3.63, 3.8) is 0 Å². The highest BCUT2D eigenvalue weighted by molar-refractivity contribution is 5.95. The normalized spacial score (nSPS) is 10.8. The zero-order valence-corrected chi connectivity index (χ0v) is 10.5. The van der Waals surface area contributed by atoms with E-state index in [0.717, 1.165) is 19.4 Å². The molecule has 0 saturated carbocycles. The highest BCUT2D eigenvalue weighted by atomic mass is 19.1. The van der Waals surface area contributed by atoms with E-state index in [-0.39, 0.29) is 17.2 Å². The highest BCUT2D eigenvalue weighted by Gasteiger charge is 2.11. The first-order chi connectivity index (χ1) is 8.06. The summed E-state index contributed by atoms with van der Waals surface area (Å²) in [4.78, 5) is 2.08. The maximum atomic E-state index is 14.0. The van der Waals surface area contributed by atoms with Gasteiger partial charge in [0.05, 0.1) is 5.56 Å². The fourth-order valence-electron chi connectivity index (χ4n) is 1.71. The van der Waals surface area contributed by atoms with Gasteiger partial charge in [-0.3, -0.25) is 5.41 Å². The van der Waals surface area contributed by atoms with E-state index in [9.17, 15) is 4.39 Å². The van der Waals surface area contributed by atoms with E-state index in [4.69, 9.17) is 11.1 Å². The van der Waals surface area contributed by atoms with Crippen LogP contribution in [0.25, 0.3) is 0 Å². The topological polar surface area (TPSA) is 53.1 Å². The fourth-order valence-corrected chi connectivity index (χ4v) is 1.71.